The van der Waals surface area contributed by atoms with Crippen LogP contribution in [0.5, 0.6) is 11.5 Å². The Hall–Kier alpha value is -3.79. The smallest absolute Gasteiger partial charge is 0.336 e. The van der Waals surface area contributed by atoms with Gasteiger partial charge < -0.3 is 29.8 Å². The fourth-order valence-electron chi connectivity index (χ4n) is 4.07. The average molecular weight is 546 g/mol. The average Bonchev–Trinajstić information content (AvgIpc) is 2.86. The number of amides is 1. The number of halogens is 2. The van der Waals surface area contributed by atoms with Gasteiger partial charge in [0.05, 0.1) is 19.3 Å². The van der Waals surface area contributed by atoms with Crippen molar-refractivity contribution in [2.45, 2.75) is 26.5 Å². The molecular formula is C26H21Cl2NO8. The highest BCUT2D eigenvalue weighted by atomic mass is 35.5. The van der Waals surface area contributed by atoms with E-state index in [9.17, 15) is 29.7 Å². The number of rotatable bonds is 6. The second-order valence-corrected chi connectivity index (χ2v) is 9.26. The van der Waals surface area contributed by atoms with Crippen LogP contribution in [0.2, 0.25) is 10.0 Å². The Bertz CT molecular complexity index is 1610. The van der Waals surface area contributed by atoms with Crippen LogP contribution in [0.4, 0.5) is 0 Å². The van der Waals surface area contributed by atoms with Gasteiger partial charge in [-0.25, -0.2) is 4.79 Å². The fraction of sp³-hybridized carbons (Fsp3) is 0.192. The number of hydrogen-bond donors (Lipinski definition) is 4. The maximum absolute atomic E-state index is 12.8. The molecular weight excluding hydrogens is 525 g/mol. The summed E-state index contributed by atoms with van der Waals surface area (Å²) in [6.07, 6.45) is 0. The first-order chi connectivity index (χ1) is 17.5. The van der Waals surface area contributed by atoms with Crippen LogP contribution in [0.15, 0.2) is 39.5 Å². The predicted molar refractivity (Wildman–Crippen MR) is 138 cm³/mol. The first-order valence-corrected chi connectivity index (χ1v) is 11.7. The van der Waals surface area contributed by atoms with Gasteiger partial charge in [-0.15, -0.1) is 0 Å². The molecule has 1 aliphatic heterocycles. The van der Waals surface area contributed by atoms with E-state index in [-0.39, 0.29) is 71.9 Å². The minimum atomic E-state index is -1.29. The highest BCUT2D eigenvalue weighted by molar-refractivity contribution is 6.38. The zero-order valence-electron chi connectivity index (χ0n) is 19.8. The van der Waals surface area contributed by atoms with Gasteiger partial charge >= 0.3 is 5.97 Å². The van der Waals surface area contributed by atoms with E-state index >= 15 is 0 Å². The zero-order chi connectivity index (χ0) is 27.2. The Morgan fingerprint density at radius 3 is 2.41 bits per heavy atom. The monoisotopic (exact) mass is 545 g/mol. The van der Waals surface area contributed by atoms with Crippen molar-refractivity contribution in [1.82, 2.24) is 5.32 Å². The highest BCUT2D eigenvalue weighted by Gasteiger charge is 2.29. The predicted octanol–water partition coefficient (Wildman–Crippen LogP) is 4.91. The van der Waals surface area contributed by atoms with E-state index < -0.39 is 29.7 Å². The van der Waals surface area contributed by atoms with E-state index in [1.54, 1.807) is 13.8 Å². The molecule has 2 aromatic rings. The van der Waals surface area contributed by atoms with Crippen LogP contribution in [-0.4, -0.2) is 40.3 Å². The van der Waals surface area contributed by atoms with Gasteiger partial charge in [0, 0.05) is 33.7 Å². The minimum Gasteiger partial charge on any atom is -0.503 e. The molecule has 0 fully saturated rings. The minimum absolute atomic E-state index is 0.0344. The van der Waals surface area contributed by atoms with Gasteiger partial charge in [-0.2, -0.15) is 0 Å². The molecule has 0 bridgehead atoms. The number of carboxylic acids is 1. The Morgan fingerprint density at radius 2 is 1.81 bits per heavy atom. The topological polar surface area (TPSA) is 146 Å². The second-order valence-electron chi connectivity index (χ2n) is 8.50. The molecule has 0 atom stereocenters. The lowest BCUT2D eigenvalue weighted by Crippen LogP contribution is -2.30. The van der Waals surface area contributed by atoms with E-state index in [0.29, 0.717) is 0 Å². The molecule has 1 aliphatic carbocycles. The molecule has 4 rings (SSSR count). The number of hydrogen-bond acceptors (Lipinski definition) is 7. The van der Waals surface area contributed by atoms with Crippen LogP contribution in [-0.2, 0) is 6.61 Å². The van der Waals surface area contributed by atoms with Crippen molar-refractivity contribution in [3.05, 3.63) is 67.3 Å². The summed E-state index contributed by atoms with van der Waals surface area (Å²) in [6.45, 7) is 2.92. The number of phenols is 1. The van der Waals surface area contributed by atoms with Gasteiger partial charge in [0.25, 0.3) is 5.91 Å². The Kier molecular flexibility index (Phi) is 7.05. The van der Waals surface area contributed by atoms with Gasteiger partial charge in [0.1, 0.15) is 10.0 Å². The Morgan fingerprint density at radius 1 is 1.11 bits per heavy atom. The number of aromatic carboxylic acids is 1. The number of aromatic hydroxyl groups is 1. The number of aliphatic hydroxyl groups is 1. The third-order valence-electron chi connectivity index (χ3n) is 5.75. The van der Waals surface area contributed by atoms with Gasteiger partial charge in [-0.3, -0.25) is 9.59 Å². The van der Waals surface area contributed by atoms with Crippen molar-refractivity contribution >= 4 is 46.0 Å². The molecule has 2 aromatic carbocycles. The molecule has 0 aromatic heterocycles. The number of nitrogens with one attached hydrogen (secondary N) is 1. The normalized spacial score (nSPS) is 11.3. The highest BCUT2D eigenvalue weighted by Crippen LogP contribution is 2.49. The lowest BCUT2D eigenvalue weighted by Gasteiger charge is -2.20. The maximum Gasteiger partial charge on any atom is 0.336 e. The number of fused-ring (bicyclic) bond motifs is 2. The van der Waals surface area contributed by atoms with E-state index in [1.807, 2.05) is 0 Å². The summed E-state index contributed by atoms with van der Waals surface area (Å²) >= 11 is 12.7. The van der Waals surface area contributed by atoms with Gasteiger partial charge in [-0.05, 0) is 49.7 Å². The van der Waals surface area contributed by atoms with Crippen LogP contribution in [0.1, 0.15) is 40.1 Å². The van der Waals surface area contributed by atoms with Crippen molar-refractivity contribution in [1.29, 1.82) is 0 Å². The van der Waals surface area contributed by atoms with E-state index in [1.165, 1.54) is 37.4 Å². The lowest BCUT2D eigenvalue weighted by molar-refractivity contribution is 0.0697. The molecule has 1 amide bonds. The standard InChI is InChI=1S/C26H21Cl2NO8/c1-10(2)29-25(33)11-4-5-13(26(34)35)14(6-11)18-15-7-12(9-30)21(31)19(27)23(15)37-24-16(18)8-17(36-3)22(32)20(24)28/h4-8,10,30,32H,9H2,1-3H3,(H,29,33)(H,34,35). The summed E-state index contributed by atoms with van der Waals surface area (Å²) in [5.74, 6) is -2.36. The third-order valence-corrected chi connectivity index (χ3v) is 6.44. The molecule has 2 aliphatic rings. The summed E-state index contributed by atoms with van der Waals surface area (Å²) in [4.78, 5) is 37.8. The number of carbonyl (C=O) groups excluding carboxylic acids is 1. The molecule has 0 unspecified atom stereocenters. The third kappa shape index (κ3) is 4.46. The number of phenolic OH excluding ortho intramolecular Hbond substituents is 1. The van der Waals surface area contributed by atoms with Gasteiger partial charge in [0.15, 0.2) is 22.8 Å². The summed E-state index contributed by atoms with van der Waals surface area (Å²) in [7, 11) is 1.30. The SMILES string of the molecule is COc1cc2c(-c3cc(C(=O)NC(C)C)ccc3C(=O)O)c3cc(CO)c(=O)c(Cl)c-3oc2c(Cl)c1O. The van der Waals surface area contributed by atoms with Crippen LogP contribution in [0, 0.1) is 0 Å². The molecule has 4 N–H and O–H groups in total. The van der Waals surface area contributed by atoms with Gasteiger partial charge in [-0.1, -0.05) is 23.2 Å². The molecule has 192 valence electrons. The summed E-state index contributed by atoms with van der Waals surface area (Å²) in [5, 5.41) is 32.6. The van der Waals surface area contributed by atoms with Crippen molar-refractivity contribution < 1.29 is 34.1 Å². The largest absolute Gasteiger partial charge is 0.503 e. The van der Waals surface area contributed by atoms with Crippen molar-refractivity contribution in [3.8, 4) is 33.9 Å². The molecule has 9 nitrogen and oxygen atoms in total. The fourth-order valence-corrected chi connectivity index (χ4v) is 4.57. The summed E-state index contributed by atoms with van der Waals surface area (Å²) in [5.41, 5.74) is -0.421. The number of aliphatic hydroxyl groups excluding tert-OH is 1. The molecule has 0 spiro atoms. The van der Waals surface area contributed by atoms with Crippen LogP contribution in [0.25, 0.3) is 33.4 Å². The number of carboxylic acid groups (broad SMARTS) is 1. The second kappa shape index (κ2) is 9.93. The molecule has 1 heterocycles. The van der Waals surface area contributed by atoms with Crippen molar-refractivity contribution in [2.75, 3.05) is 7.11 Å². The molecule has 11 heteroatoms. The quantitative estimate of drug-likeness (QED) is 0.250. The summed E-state index contributed by atoms with van der Waals surface area (Å²) in [6, 6.07) is 6.59. The Labute approximate surface area is 220 Å². The van der Waals surface area contributed by atoms with E-state index in [4.69, 9.17) is 32.4 Å². The van der Waals surface area contributed by atoms with Crippen molar-refractivity contribution in [3.63, 3.8) is 0 Å². The van der Waals surface area contributed by atoms with Crippen LogP contribution < -0.4 is 15.5 Å². The molecule has 37 heavy (non-hydrogen) atoms. The number of ether oxygens (including phenoxy) is 1. The molecule has 0 radical (unpaired) electrons. The number of methoxy groups -OCH3 is 1. The van der Waals surface area contributed by atoms with E-state index in [2.05, 4.69) is 5.32 Å². The maximum atomic E-state index is 12.8. The van der Waals surface area contributed by atoms with E-state index in [0.717, 1.165) is 0 Å². The Balaban J connectivity index is 2.26. The van der Waals surface area contributed by atoms with Crippen LogP contribution >= 0.6 is 23.2 Å². The molecule has 0 saturated heterocycles. The molecule has 0 saturated carbocycles. The van der Waals surface area contributed by atoms with Crippen molar-refractivity contribution in [2.24, 2.45) is 0 Å². The summed E-state index contributed by atoms with van der Waals surface area (Å²) < 4.78 is 11.1. The lowest BCUT2D eigenvalue weighted by atomic mass is 9.88. The zero-order valence-corrected chi connectivity index (χ0v) is 21.3. The number of carbonyl (C=O) groups is 2. The van der Waals surface area contributed by atoms with Gasteiger partial charge in [0.2, 0.25) is 5.43 Å². The number of benzene rings is 3. The first kappa shape index (κ1) is 26.3. The van der Waals surface area contributed by atoms with Crippen LogP contribution in [0.3, 0.4) is 0 Å². The first-order valence-electron chi connectivity index (χ1n) is 11.0.